The van der Waals surface area contributed by atoms with Crippen molar-refractivity contribution in [1.29, 1.82) is 0 Å². The Kier molecular flexibility index (Phi) is 8.13. The standard InChI is InChI=1S/C35H43N5O4/c1-34(2)43-30-29(20-23-11-6-4-7-12-23)39(22-24-15-16-28(36)26(19-24)32(37)38-3)33(42)40(17-10-18-41)35(31(30)44-34)21-27(35)25-13-8-5-9-14-25/h4-9,11-16,19,27,29-31,41H,10,17-18,20-22,36H2,1-3H3,(H2,37,38)/t27?,29-,30+,31-,35?/m1/s1. The summed E-state index contributed by atoms with van der Waals surface area (Å²) in [6, 6.07) is 25.8. The van der Waals surface area contributed by atoms with Gasteiger partial charge in [-0.2, -0.15) is 0 Å². The van der Waals surface area contributed by atoms with Gasteiger partial charge in [-0.3, -0.25) is 4.99 Å². The molecule has 3 aromatic rings. The Hall–Kier alpha value is -3.92. The van der Waals surface area contributed by atoms with Crippen LogP contribution in [0.2, 0.25) is 0 Å². The van der Waals surface area contributed by atoms with Crippen molar-refractivity contribution in [1.82, 2.24) is 9.80 Å². The first-order chi connectivity index (χ1) is 21.2. The van der Waals surface area contributed by atoms with E-state index in [0.29, 0.717) is 43.0 Å². The molecule has 2 saturated heterocycles. The number of fused-ring (bicyclic) bond motifs is 2. The van der Waals surface area contributed by atoms with Gasteiger partial charge in [0.2, 0.25) is 0 Å². The van der Waals surface area contributed by atoms with Crippen LogP contribution in [0.4, 0.5) is 10.5 Å². The van der Waals surface area contributed by atoms with Crippen LogP contribution in [0, 0.1) is 0 Å². The summed E-state index contributed by atoms with van der Waals surface area (Å²) in [5, 5.41) is 9.93. The summed E-state index contributed by atoms with van der Waals surface area (Å²) < 4.78 is 13.6. The lowest BCUT2D eigenvalue weighted by atomic mass is 9.90. The first-order valence-electron chi connectivity index (χ1n) is 15.4. The zero-order valence-electron chi connectivity index (χ0n) is 25.7. The third-order valence-electron chi connectivity index (χ3n) is 9.37. The molecular formula is C35H43N5O4. The van der Waals surface area contributed by atoms with Crippen LogP contribution in [-0.4, -0.2) is 76.5 Å². The lowest BCUT2D eigenvalue weighted by Gasteiger charge is -2.38. The lowest BCUT2D eigenvalue weighted by molar-refractivity contribution is -0.159. The number of hydrogen-bond acceptors (Lipinski definition) is 6. The van der Waals surface area contributed by atoms with Crippen LogP contribution in [0.15, 0.2) is 83.9 Å². The van der Waals surface area contributed by atoms with Crippen molar-refractivity contribution in [3.8, 4) is 0 Å². The van der Waals surface area contributed by atoms with Gasteiger partial charge in [0.1, 0.15) is 18.0 Å². The highest BCUT2D eigenvalue weighted by molar-refractivity contribution is 6.02. The van der Waals surface area contributed by atoms with E-state index in [-0.39, 0.29) is 30.7 Å². The Labute approximate surface area is 259 Å². The van der Waals surface area contributed by atoms with Gasteiger partial charge in [0.25, 0.3) is 0 Å². The zero-order valence-corrected chi connectivity index (χ0v) is 25.7. The number of nitrogen functional groups attached to an aromatic ring is 1. The van der Waals surface area contributed by atoms with Gasteiger partial charge >= 0.3 is 6.03 Å². The van der Waals surface area contributed by atoms with Gasteiger partial charge in [-0.25, -0.2) is 4.79 Å². The minimum atomic E-state index is -0.837. The van der Waals surface area contributed by atoms with Crippen LogP contribution in [-0.2, 0) is 22.4 Å². The molecule has 9 nitrogen and oxygen atoms in total. The maximum atomic E-state index is 15.0. The molecule has 0 aromatic heterocycles. The fourth-order valence-corrected chi connectivity index (χ4v) is 7.28. The van der Waals surface area contributed by atoms with E-state index < -0.39 is 17.4 Å². The van der Waals surface area contributed by atoms with E-state index in [1.165, 1.54) is 5.56 Å². The Morgan fingerprint density at radius 3 is 2.41 bits per heavy atom. The molecule has 1 saturated carbocycles. The fourth-order valence-electron chi connectivity index (χ4n) is 7.28. The van der Waals surface area contributed by atoms with E-state index in [4.69, 9.17) is 20.9 Å². The molecule has 1 aliphatic carbocycles. The number of urea groups is 1. The second kappa shape index (κ2) is 11.9. The monoisotopic (exact) mass is 597 g/mol. The molecule has 1 spiro atoms. The lowest BCUT2D eigenvalue weighted by Crippen LogP contribution is -2.53. The molecule has 2 aliphatic heterocycles. The number of aliphatic hydroxyl groups excluding tert-OH is 1. The molecule has 5 atom stereocenters. The van der Waals surface area contributed by atoms with Gasteiger partial charge in [-0.05, 0) is 61.9 Å². The Morgan fingerprint density at radius 1 is 1.02 bits per heavy atom. The minimum absolute atomic E-state index is 0.0167. The van der Waals surface area contributed by atoms with Gasteiger partial charge in [-0.15, -0.1) is 0 Å². The highest BCUT2D eigenvalue weighted by atomic mass is 16.8. The molecule has 232 valence electrons. The Morgan fingerprint density at radius 2 is 1.73 bits per heavy atom. The van der Waals surface area contributed by atoms with Crippen LogP contribution in [0.5, 0.6) is 0 Å². The summed E-state index contributed by atoms with van der Waals surface area (Å²) in [7, 11) is 1.63. The molecule has 5 N–H and O–H groups in total. The molecule has 3 aromatic carbocycles. The average molecular weight is 598 g/mol. The number of benzene rings is 3. The smallest absolute Gasteiger partial charge is 0.321 e. The van der Waals surface area contributed by atoms with Crippen molar-refractivity contribution in [2.24, 2.45) is 10.7 Å². The fraction of sp³-hybridized carbons (Fsp3) is 0.429. The third-order valence-corrected chi connectivity index (χ3v) is 9.37. The number of aliphatic imine (C=N–C) groups is 1. The number of amides is 2. The highest BCUT2D eigenvalue weighted by Crippen LogP contribution is 2.63. The van der Waals surface area contributed by atoms with Crippen molar-refractivity contribution < 1.29 is 19.4 Å². The average Bonchev–Trinajstić information content (AvgIpc) is 3.70. The first-order valence-corrected chi connectivity index (χ1v) is 15.4. The molecular weight excluding hydrogens is 554 g/mol. The predicted molar refractivity (Wildman–Crippen MR) is 171 cm³/mol. The number of ether oxygens (including phenoxy) is 2. The quantitative estimate of drug-likeness (QED) is 0.192. The molecule has 44 heavy (non-hydrogen) atoms. The Balaban J connectivity index is 1.49. The van der Waals surface area contributed by atoms with Gasteiger partial charge < -0.3 is 35.8 Å². The van der Waals surface area contributed by atoms with E-state index in [2.05, 4.69) is 29.3 Å². The third kappa shape index (κ3) is 5.44. The SMILES string of the molecule is CN=C(N)c1cc(CN2C(=O)N(CCCO)C3(CC3c3ccccc3)[C@@H]3OC(C)(C)O[C@H]3[C@H]2Cc2ccccc2)ccc1N. The summed E-state index contributed by atoms with van der Waals surface area (Å²) in [6.07, 6.45) is 1.05. The minimum Gasteiger partial charge on any atom is -0.398 e. The molecule has 2 amide bonds. The summed E-state index contributed by atoms with van der Waals surface area (Å²) in [5.41, 5.74) is 16.2. The van der Waals surface area contributed by atoms with E-state index in [1.807, 2.05) is 78.2 Å². The number of hydrogen-bond donors (Lipinski definition) is 3. The molecule has 3 aliphatic rings. The van der Waals surface area contributed by atoms with E-state index in [1.54, 1.807) is 7.05 Å². The van der Waals surface area contributed by atoms with Crippen molar-refractivity contribution in [3.63, 3.8) is 0 Å². The Bertz CT molecular complexity index is 1510. The van der Waals surface area contributed by atoms with Crippen LogP contribution in [0.1, 0.15) is 54.9 Å². The number of rotatable bonds is 9. The molecule has 6 rings (SSSR count). The van der Waals surface area contributed by atoms with Crippen molar-refractivity contribution in [3.05, 3.63) is 101 Å². The van der Waals surface area contributed by atoms with Crippen LogP contribution in [0.3, 0.4) is 0 Å². The largest absolute Gasteiger partial charge is 0.398 e. The number of nitrogens with zero attached hydrogens (tertiary/aromatic N) is 3. The number of nitrogens with two attached hydrogens (primary N) is 2. The maximum Gasteiger partial charge on any atom is 0.321 e. The normalized spacial score (nSPS) is 27.8. The first kappa shape index (κ1) is 30.1. The van der Waals surface area contributed by atoms with Gasteiger partial charge in [-0.1, -0.05) is 66.7 Å². The number of amidine groups is 1. The summed E-state index contributed by atoms with van der Waals surface area (Å²) in [4.78, 5) is 23.1. The molecule has 3 fully saturated rings. The molecule has 2 unspecified atom stereocenters. The number of carbonyl (C=O) groups is 1. The van der Waals surface area contributed by atoms with Crippen molar-refractivity contribution in [2.45, 2.75) is 75.1 Å². The van der Waals surface area contributed by atoms with Crippen LogP contribution >= 0.6 is 0 Å². The summed E-state index contributed by atoms with van der Waals surface area (Å²) >= 11 is 0. The topological polar surface area (TPSA) is 127 Å². The van der Waals surface area contributed by atoms with Crippen molar-refractivity contribution >= 4 is 17.6 Å². The maximum absolute atomic E-state index is 15.0. The van der Waals surface area contributed by atoms with E-state index in [9.17, 15) is 5.11 Å². The van der Waals surface area contributed by atoms with E-state index in [0.717, 1.165) is 17.5 Å². The number of aliphatic hydroxyl groups is 1. The molecule has 2 heterocycles. The van der Waals surface area contributed by atoms with E-state index >= 15 is 4.79 Å². The summed E-state index contributed by atoms with van der Waals surface area (Å²) in [6.45, 7) is 4.62. The van der Waals surface area contributed by atoms with Gasteiger partial charge in [0, 0.05) is 43.9 Å². The van der Waals surface area contributed by atoms with Gasteiger partial charge in [0.15, 0.2) is 5.79 Å². The predicted octanol–water partition coefficient (Wildman–Crippen LogP) is 4.28. The molecule has 9 heteroatoms. The highest BCUT2D eigenvalue weighted by Gasteiger charge is 2.72. The number of anilines is 1. The molecule has 0 bridgehead atoms. The molecule has 0 radical (unpaired) electrons. The second-order valence-electron chi connectivity index (χ2n) is 12.6. The zero-order chi connectivity index (χ0) is 31.1. The van der Waals surface area contributed by atoms with Crippen molar-refractivity contribution in [2.75, 3.05) is 25.9 Å². The second-order valence-corrected chi connectivity index (χ2v) is 12.6. The van der Waals surface area contributed by atoms with Gasteiger partial charge in [0.05, 0.1) is 11.6 Å². The summed E-state index contributed by atoms with van der Waals surface area (Å²) in [5.74, 6) is -0.415. The van der Waals surface area contributed by atoms with Crippen LogP contribution < -0.4 is 11.5 Å². The van der Waals surface area contributed by atoms with Crippen LogP contribution in [0.25, 0.3) is 0 Å². The number of carbonyl (C=O) groups excluding carboxylic acids is 1.